The van der Waals surface area contributed by atoms with Crippen molar-refractivity contribution in [3.63, 3.8) is 0 Å². The van der Waals surface area contributed by atoms with Crippen LogP contribution >= 0.6 is 0 Å². The van der Waals surface area contributed by atoms with Gasteiger partial charge in [0, 0.05) is 18.5 Å². The van der Waals surface area contributed by atoms with Crippen molar-refractivity contribution in [1.29, 1.82) is 0 Å². The number of nitrogens with zero attached hydrogens (tertiary/aromatic N) is 1. The molecule has 3 atom stereocenters. The van der Waals surface area contributed by atoms with Crippen molar-refractivity contribution >= 4 is 27.4 Å². The van der Waals surface area contributed by atoms with Crippen molar-refractivity contribution in [2.75, 3.05) is 30.5 Å². The van der Waals surface area contributed by atoms with Crippen LogP contribution in [0.25, 0.3) is 10.8 Å². The molecule has 0 radical (unpaired) electrons. The summed E-state index contributed by atoms with van der Waals surface area (Å²) in [6.45, 7) is 4.32. The monoisotopic (exact) mass is 445 g/mol. The average molecular weight is 446 g/mol. The van der Waals surface area contributed by atoms with Crippen molar-refractivity contribution in [2.45, 2.75) is 42.5 Å². The number of hydrogen-bond acceptors (Lipinski definition) is 3. The van der Waals surface area contributed by atoms with Gasteiger partial charge in [0.2, 0.25) is 0 Å². The Morgan fingerprint density at radius 2 is 1.84 bits per heavy atom. The molecule has 1 saturated carbocycles. The summed E-state index contributed by atoms with van der Waals surface area (Å²) >= 11 is 0. The Hall–Kier alpha value is -2.21. The molecule has 1 saturated heterocycles. The zero-order valence-electron chi connectivity index (χ0n) is 18.4. The van der Waals surface area contributed by atoms with Crippen molar-refractivity contribution < 1.29 is 4.21 Å². The van der Waals surface area contributed by atoms with Gasteiger partial charge < -0.3 is 10.6 Å². The zero-order valence-corrected chi connectivity index (χ0v) is 19.2. The first-order valence-electron chi connectivity index (χ1n) is 12.0. The molecule has 1 aliphatic carbocycles. The van der Waals surface area contributed by atoms with Gasteiger partial charge >= 0.3 is 0 Å². The Labute approximate surface area is 193 Å². The molecule has 2 aliphatic heterocycles. The van der Waals surface area contributed by atoms with E-state index >= 15 is 0 Å². The number of fused-ring (bicyclic) bond motifs is 2. The Kier molecular flexibility index (Phi) is 5.49. The first-order chi connectivity index (χ1) is 15.8. The van der Waals surface area contributed by atoms with E-state index in [2.05, 4.69) is 57.4 Å². The highest BCUT2D eigenvalue weighted by molar-refractivity contribution is 7.86. The van der Waals surface area contributed by atoms with Crippen LogP contribution < -0.4 is 14.9 Å². The second kappa shape index (κ2) is 8.62. The van der Waals surface area contributed by atoms with Crippen molar-refractivity contribution in [3.05, 3.63) is 71.8 Å². The predicted octanol–water partition coefficient (Wildman–Crippen LogP) is 4.37. The highest BCUT2D eigenvalue weighted by Crippen LogP contribution is 2.43. The van der Waals surface area contributed by atoms with E-state index in [-0.39, 0.29) is 0 Å². The molecule has 32 heavy (non-hydrogen) atoms. The third-order valence-corrected chi connectivity index (χ3v) is 8.86. The fraction of sp³-hybridized carbons (Fsp3) is 0.407. The third kappa shape index (κ3) is 3.98. The fourth-order valence-electron chi connectivity index (χ4n) is 5.39. The lowest BCUT2D eigenvalue weighted by molar-refractivity contribution is 0.355. The average Bonchev–Trinajstić information content (AvgIpc) is 3.51. The lowest BCUT2D eigenvalue weighted by Crippen LogP contribution is -2.34. The Bertz CT molecular complexity index is 1160. The SMILES string of the molecule is O=S(c1ccc2ccccc2c1)N1CCc2cc(C3CC3NCC3CCNCC3)ccc21. The van der Waals surface area contributed by atoms with Crippen molar-refractivity contribution in [2.24, 2.45) is 5.92 Å². The van der Waals surface area contributed by atoms with Crippen LogP contribution in [-0.2, 0) is 17.4 Å². The van der Waals surface area contributed by atoms with Crippen LogP contribution in [0.1, 0.15) is 36.3 Å². The van der Waals surface area contributed by atoms with E-state index < -0.39 is 11.0 Å². The number of anilines is 1. The lowest BCUT2D eigenvalue weighted by Gasteiger charge is -2.23. The molecule has 4 nitrogen and oxygen atoms in total. The van der Waals surface area contributed by atoms with E-state index in [1.54, 1.807) is 0 Å². The van der Waals surface area contributed by atoms with Crippen LogP contribution in [0.5, 0.6) is 0 Å². The summed E-state index contributed by atoms with van der Waals surface area (Å²) < 4.78 is 15.5. The summed E-state index contributed by atoms with van der Waals surface area (Å²) in [5, 5.41) is 9.60. The quantitative estimate of drug-likeness (QED) is 0.592. The summed E-state index contributed by atoms with van der Waals surface area (Å²) in [5.74, 6) is 1.47. The van der Waals surface area contributed by atoms with Crippen LogP contribution in [0.15, 0.2) is 65.6 Å². The van der Waals surface area contributed by atoms with Crippen LogP contribution in [-0.4, -0.2) is 36.4 Å². The van der Waals surface area contributed by atoms with Gasteiger partial charge in [-0.15, -0.1) is 0 Å². The van der Waals surface area contributed by atoms with Gasteiger partial charge in [0.15, 0.2) is 11.0 Å². The number of rotatable bonds is 6. The maximum Gasteiger partial charge on any atom is 0.152 e. The smallest absolute Gasteiger partial charge is 0.152 e. The lowest BCUT2D eigenvalue weighted by atomic mass is 9.98. The van der Waals surface area contributed by atoms with E-state index in [0.29, 0.717) is 12.0 Å². The van der Waals surface area contributed by atoms with Gasteiger partial charge in [-0.3, -0.25) is 4.31 Å². The molecule has 166 valence electrons. The minimum Gasteiger partial charge on any atom is -0.317 e. The Balaban J connectivity index is 1.13. The van der Waals surface area contributed by atoms with Crippen LogP contribution in [0.2, 0.25) is 0 Å². The molecule has 3 unspecified atom stereocenters. The minimum atomic E-state index is -1.18. The van der Waals surface area contributed by atoms with E-state index in [1.807, 2.05) is 18.2 Å². The maximum absolute atomic E-state index is 13.4. The van der Waals surface area contributed by atoms with Gasteiger partial charge in [-0.25, -0.2) is 4.21 Å². The molecule has 0 amide bonds. The maximum atomic E-state index is 13.4. The summed E-state index contributed by atoms with van der Waals surface area (Å²) in [6, 6.07) is 21.9. The first-order valence-corrected chi connectivity index (χ1v) is 13.1. The molecule has 3 aromatic carbocycles. The highest BCUT2D eigenvalue weighted by Gasteiger charge is 2.39. The number of piperidine rings is 1. The largest absolute Gasteiger partial charge is 0.317 e. The van der Waals surface area contributed by atoms with Gasteiger partial charge in [-0.05, 0) is 91.3 Å². The topological polar surface area (TPSA) is 44.4 Å². The second-order valence-electron chi connectivity index (χ2n) is 9.55. The van der Waals surface area contributed by atoms with Gasteiger partial charge in [0.05, 0.1) is 10.6 Å². The number of nitrogens with one attached hydrogen (secondary N) is 2. The van der Waals surface area contributed by atoms with Gasteiger partial charge in [0.25, 0.3) is 0 Å². The van der Waals surface area contributed by atoms with Crippen LogP contribution in [0, 0.1) is 5.92 Å². The van der Waals surface area contributed by atoms with Crippen molar-refractivity contribution in [1.82, 2.24) is 10.6 Å². The minimum absolute atomic E-state index is 0.632. The molecule has 0 aromatic heterocycles. The third-order valence-electron chi connectivity index (χ3n) is 7.43. The molecule has 0 bridgehead atoms. The molecular formula is C27H31N3OS. The van der Waals surface area contributed by atoms with Crippen LogP contribution in [0.4, 0.5) is 5.69 Å². The fourth-order valence-corrected chi connectivity index (χ4v) is 6.67. The summed E-state index contributed by atoms with van der Waals surface area (Å²) in [5.41, 5.74) is 3.94. The molecule has 6 rings (SSSR count). The molecule has 0 spiro atoms. The van der Waals surface area contributed by atoms with Gasteiger partial charge in [-0.1, -0.05) is 42.5 Å². The highest BCUT2D eigenvalue weighted by atomic mass is 32.2. The predicted molar refractivity (Wildman–Crippen MR) is 133 cm³/mol. The second-order valence-corrected chi connectivity index (χ2v) is 11.0. The van der Waals surface area contributed by atoms with E-state index in [9.17, 15) is 4.21 Å². The van der Waals surface area contributed by atoms with E-state index in [0.717, 1.165) is 41.4 Å². The molecule has 3 aromatic rings. The summed E-state index contributed by atoms with van der Waals surface area (Å²) in [7, 11) is -1.18. The van der Waals surface area contributed by atoms with E-state index in [4.69, 9.17) is 0 Å². The van der Waals surface area contributed by atoms with Gasteiger partial charge in [-0.2, -0.15) is 0 Å². The molecule has 2 fully saturated rings. The van der Waals surface area contributed by atoms with E-state index in [1.165, 1.54) is 48.9 Å². The van der Waals surface area contributed by atoms with Gasteiger partial charge in [0.1, 0.15) is 0 Å². The molecule has 2 heterocycles. The zero-order chi connectivity index (χ0) is 21.5. The summed E-state index contributed by atoms with van der Waals surface area (Å²) in [6.07, 6.45) is 4.82. The molecule has 2 N–H and O–H groups in total. The Morgan fingerprint density at radius 3 is 2.72 bits per heavy atom. The number of benzene rings is 3. The standard InChI is InChI=1S/C27H31N3OS/c31-32(24-7-5-20-3-1-2-4-21(20)16-24)30-14-11-23-15-22(6-8-27(23)30)25-17-26(25)29-18-19-9-12-28-13-10-19/h1-8,15-16,19,25-26,28-29H,9-14,17-18H2. The molecule has 5 heteroatoms. The van der Waals surface area contributed by atoms with Crippen LogP contribution in [0.3, 0.4) is 0 Å². The number of hydrogen-bond donors (Lipinski definition) is 2. The molecule has 3 aliphatic rings. The molecular weight excluding hydrogens is 414 g/mol. The Morgan fingerprint density at radius 1 is 1.00 bits per heavy atom. The normalized spacial score (nSPS) is 23.9. The summed E-state index contributed by atoms with van der Waals surface area (Å²) in [4.78, 5) is 0.880. The first kappa shape index (κ1) is 20.4. The van der Waals surface area contributed by atoms with Crippen molar-refractivity contribution in [3.8, 4) is 0 Å².